The van der Waals surface area contributed by atoms with Crippen LogP contribution in [0, 0.1) is 12.7 Å². The Kier molecular flexibility index (Phi) is 7.06. The molecule has 2 heterocycles. The van der Waals surface area contributed by atoms with Crippen molar-refractivity contribution in [2.75, 3.05) is 42.3 Å². The van der Waals surface area contributed by atoms with Crippen LogP contribution in [0.4, 0.5) is 16.0 Å². The normalized spacial score (nSPS) is 13.9. The molecule has 0 saturated carbocycles. The molecule has 9 heteroatoms. The number of hydrogen-bond donors (Lipinski definition) is 1. The molecule has 1 aliphatic rings. The predicted molar refractivity (Wildman–Crippen MR) is 124 cm³/mol. The first-order valence-electron chi connectivity index (χ1n) is 10.6. The van der Waals surface area contributed by atoms with Gasteiger partial charge in [0.2, 0.25) is 11.9 Å². The van der Waals surface area contributed by atoms with E-state index in [-0.39, 0.29) is 17.5 Å². The monoisotopic (exact) mass is 455 g/mol. The van der Waals surface area contributed by atoms with E-state index in [1.807, 2.05) is 25.1 Å². The number of rotatable bonds is 7. The first-order chi connectivity index (χ1) is 15.6. The fourth-order valence-electron chi connectivity index (χ4n) is 3.67. The molecule has 4 rings (SSSR count). The van der Waals surface area contributed by atoms with Gasteiger partial charge in [-0.3, -0.25) is 9.36 Å². The molecule has 0 bridgehead atoms. The van der Waals surface area contributed by atoms with Crippen molar-refractivity contribution in [3.8, 4) is 5.69 Å². The lowest BCUT2D eigenvalue weighted by molar-refractivity contribution is -0.113. The summed E-state index contributed by atoms with van der Waals surface area (Å²) in [6.07, 6.45) is 0.835. The highest BCUT2D eigenvalue weighted by molar-refractivity contribution is 7.99. The quantitative estimate of drug-likeness (QED) is 0.546. The number of nitrogens with one attached hydrogen (secondary N) is 1. The largest absolute Gasteiger partial charge is 0.378 e. The van der Waals surface area contributed by atoms with Crippen LogP contribution in [0.5, 0.6) is 0 Å². The Morgan fingerprint density at radius 2 is 1.97 bits per heavy atom. The zero-order valence-electron chi connectivity index (χ0n) is 18.2. The summed E-state index contributed by atoms with van der Waals surface area (Å²) in [5.41, 5.74) is 3.61. The number of aromatic nitrogens is 3. The van der Waals surface area contributed by atoms with Crippen molar-refractivity contribution < 1.29 is 13.9 Å². The summed E-state index contributed by atoms with van der Waals surface area (Å²) in [5, 5.41) is 12.2. The van der Waals surface area contributed by atoms with Gasteiger partial charge in [0.15, 0.2) is 5.16 Å². The van der Waals surface area contributed by atoms with Crippen molar-refractivity contribution in [1.82, 2.24) is 14.8 Å². The lowest BCUT2D eigenvalue weighted by atomic mass is 10.1. The Morgan fingerprint density at radius 1 is 1.19 bits per heavy atom. The SMILES string of the molecule is CCc1cccc(C)c1NC(=O)CSc1nnc(N2CCOCC2)n1-c1cccc(F)c1. The number of amides is 1. The summed E-state index contributed by atoms with van der Waals surface area (Å²) in [6.45, 7) is 6.58. The highest BCUT2D eigenvalue weighted by atomic mass is 32.2. The van der Waals surface area contributed by atoms with Crippen molar-refractivity contribution in [2.45, 2.75) is 25.4 Å². The minimum atomic E-state index is -0.343. The van der Waals surface area contributed by atoms with Crippen molar-refractivity contribution in [2.24, 2.45) is 0 Å². The van der Waals surface area contributed by atoms with Crippen LogP contribution < -0.4 is 10.2 Å². The standard InChI is InChI=1S/C23H26FN5O2S/c1-3-17-7-4-6-16(2)21(17)25-20(30)15-32-23-27-26-22(28-10-12-31-13-11-28)29(23)19-9-5-8-18(24)14-19/h4-9,14H,3,10-13,15H2,1-2H3,(H,25,30). The van der Waals surface area contributed by atoms with Gasteiger partial charge in [-0.15, -0.1) is 10.2 Å². The van der Waals surface area contributed by atoms with Crippen molar-refractivity contribution in [3.63, 3.8) is 0 Å². The molecule has 2 aromatic carbocycles. The number of para-hydroxylation sites is 1. The number of ether oxygens (including phenoxy) is 1. The molecule has 3 aromatic rings. The summed E-state index contributed by atoms with van der Waals surface area (Å²) >= 11 is 1.28. The van der Waals surface area contributed by atoms with E-state index in [1.165, 1.54) is 23.9 Å². The van der Waals surface area contributed by atoms with Gasteiger partial charge in [0.25, 0.3) is 0 Å². The molecule has 168 valence electrons. The van der Waals surface area contributed by atoms with Gasteiger partial charge in [-0.1, -0.05) is 43.0 Å². The van der Waals surface area contributed by atoms with Crippen LogP contribution in [-0.4, -0.2) is 52.7 Å². The number of thioether (sulfide) groups is 1. The summed E-state index contributed by atoms with van der Waals surface area (Å²) in [7, 11) is 0. The molecule has 0 aliphatic carbocycles. The maximum absolute atomic E-state index is 14.0. The molecule has 0 radical (unpaired) electrons. The van der Waals surface area contributed by atoms with Gasteiger partial charge in [0.05, 0.1) is 24.7 Å². The number of halogens is 1. The molecule has 1 saturated heterocycles. The molecule has 1 fully saturated rings. The number of carbonyl (C=O) groups excluding carboxylic acids is 1. The first kappa shape index (κ1) is 22.3. The van der Waals surface area contributed by atoms with Crippen LogP contribution in [0.15, 0.2) is 47.6 Å². The fourth-order valence-corrected chi connectivity index (χ4v) is 4.42. The molecule has 7 nitrogen and oxygen atoms in total. The van der Waals surface area contributed by atoms with Crippen LogP contribution in [0.1, 0.15) is 18.1 Å². The van der Waals surface area contributed by atoms with Crippen LogP contribution in [0.2, 0.25) is 0 Å². The molecule has 0 spiro atoms. The Hall–Kier alpha value is -2.91. The summed E-state index contributed by atoms with van der Waals surface area (Å²) < 4.78 is 21.2. The molecular weight excluding hydrogens is 429 g/mol. The predicted octanol–water partition coefficient (Wildman–Crippen LogP) is 3.84. The number of benzene rings is 2. The second-order valence-electron chi connectivity index (χ2n) is 7.50. The van der Waals surface area contributed by atoms with Gasteiger partial charge in [-0.05, 0) is 42.7 Å². The molecule has 32 heavy (non-hydrogen) atoms. The van der Waals surface area contributed by atoms with Gasteiger partial charge < -0.3 is 15.0 Å². The highest BCUT2D eigenvalue weighted by Crippen LogP contribution is 2.28. The average Bonchev–Trinajstić information content (AvgIpc) is 3.23. The van der Waals surface area contributed by atoms with Crippen LogP contribution in [0.3, 0.4) is 0 Å². The summed E-state index contributed by atoms with van der Waals surface area (Å²) in [4.78, 5) is 14.8. The van der Waals surface area contributed by atoms with E-state index >= 15 is 0 Å². The molecule has 1 amide bonds. The lowest BCUT2D eigenvalue weighted by Crippen LogP contribution is -2.37. The second kappa shape index (κ2) is 10.1. The fraction of sp³-hybridized carbons (Fsp3) is 0.348. The molecule has 0 unspecified atom stereocenters. The van der Waals surface area contributed by atoms with E-state index in [0.29, 0.717) is 43.1 Å². The van der Waals surface area contributed by atoms with E-state index in [1.54, 1.807) is 16.7 Å². The smallest absolute Gasteiger partial charge is 0.234 e. The third kappa shape index (κ3) is 4.94. The van der Waals surface area contributed by atoms with E-state index in [9.17, 15) is 9.18 Å². The van der Waals surface area contributed by atoms with Gasteiger partial charge in [-0.25, -0.2) is 4.39 Å². The molecule has 0 atom stereocenters. The van der Waals surface area contributed by atoms with Gasteiger partial charge >= 0.3 is 0 Å². The minimum absolute atomic E-state index is 0.124. The number of hydrogen-bond acceptors (Lipinski definition) is 6. The van der Waals surface area contributed by atoms with Crippen LogP contribution in [0.25, 0.3) is 5.69 Å². The summed E-state index contributed by atoms with van der Waals surface area (Å²) in [6, 6.07) is 12.3. The van der Waals surface area contributed by atoms with Gasteiger partial charge in [0.1, 0.15) is 5.82 Å². The van der Waals surface area contributed by atoms with E-state index < -0.39 is 0 Å². The Bertz CT molecular complexity index is 1100. The lowest BCUT2D eigenvalue weighted by Gasteiger charge is -2.27. The molecule has 1 N–H and O–H groups in total. The third-order valence-corrected chi connectivity index (χ3v) is 6.24. The maximum Gasteiger partial charge on any atom is 0.234 e. The Morgan fingerprint density at radius 3 is 2.72 bits per heavy atom. The van der Waals surface area contributed by atoms with Gasteiger partial charge in [-0.2, -0.15) is 0 Å². The zero-order chi connectivity index (χ0) is 22.5. The van der Waals surface area contributed by atoms with Crippen LogP contribution in [-0.2, 0) is 16.0 Å². The minimum Gasteiger partial charge on any atom is -0.378 e. The van der Waals surface area contributed by atoms with Crippen molar-refractivity contribution in [3.05, 3.63) is 59.4 Å². The van der Waals surface area contributed by atoms with Crippen LogP contribution >= 0.6 is 11.8 Å². The Labute approximate surface area is 191 Å². The van der Waals surface area contributed by atoms with Crippen molar-refractivity contribution in [1.29, 1.82) is 0 Å². The van der Waals surface area contributed by atoms with Crippen molar-refractivity contribution >= 4 is 29.3 Å². The summed E-state index contributed by atoms with van der Waals surface area (Å²) in [5.74, 6) is 0.313. The van der Waals surface area contributed by atoms with E-state index in [4.69, 9.17) is 4.74 Å². The third-order valence-electron chi connectivity index (χ3n) is 5.31. The van der Waals surface area contributed by atoms with E-state index in [2.05, 4.69) is 27.3 Å². The topological polar surface area (TPSA) is 72.3 Å². The first-order valence-corrected chi connectivity index (χ1v) is 11.6. The Balaban J connectivity index is 1.56. The zero-order valence-corrected chi connectivity index (χ0v) is 19.0. The number of aryl methyl sites for hydroxylation is 2. The molecule has 1 aliphatic heterocycles. The molecule has 1 aromatic heterocycles. The number of anilines is 2. The highest BCUT2D eigenvalue weighted by Gasteiger charge is 2.22. The number of carbonyl (C=O) groups is 1. The average molecular weight is 456 g/mol. The number of morpholine rings is 1. The second-order valence-corrected chi connectivity index (χ2v) is 8.44. The van der Waals surface area contributed by atoms with E-state index in [0.717, 1.165) is 23.2 Å². The molecular formula is C23H26FN5O2S. The van der Waals surface area contributed by atoms with Gasteiger partial charge in [0, 0.05) is 18.8 Å². The maximum atomic E-state index is 14.0. The number of nitrogens with zero attached hydrogens (tertiary/aromatic N) is 4.